The minimum atomic E-state index is -1.06. The summed E-state index contributed by atoms with van der Waals surface area (Å²) >= 11 is 0. The first-order chi connectivity index (χ1) is 16.5. The van der Waals surface area contributed by atoms with Crippen molar-refractivity contribution in [2.45, 2.75) is 31.2 Å². The SMILES string of the molecule is O=C(Nc1ncc([C@H]2C[C@H](O)[C@@H](CO)N2C(=O)OCc2ccccc2)c(=O)[nH]1)c1ccccc1. The van der Waals surface area contributed by atoms with Crippen LogP contribution in [-0.4, -0.2) is 55.8 Å². The summed E-state index contributed by atoms with van der Waals surface area (Å²) in [6.45, 7) is -0.509. The normalized spacial score (nSPS) is 19.6. The number of nitrogens with one attached hydrogen (secondary N) is 2. The number of carbonyl (C=O) groups is 2. The Balaban J connectivity index is 1.53. The van der Waals surface area contributed by atoms with Gasteiger partial charge in [0.25, 0.3) is 11.5 Å². The van der Waals surface area contributed by atoms with Crippen LogP contribution in [0.4, 0.5) is 10.7 Å². The molecule has 2 aromatic carbocycles. The average molecular weight is 464 g/mol. The number of ether oxygens (including phenoxy) is 1. The number of benzene rings is 2. The van der Waals surface area contributed by atoms with Crippen molar-refractivity contribution in [2.24, 2.45) is 0 Å². The second-order valence-electron chi connectivity index (χ2n) is 7.85. The lowest BCUT2D eigenvalue weighted by Crippen LogP contribution is -2.44. The summed E-state index contributed by atoms with van der Waals surface area (Å²) < 4.78 is 5.38. The van der Waals surface area contributed by atoms with Crippen LogP contribution in [0.3, 0.4) is 0 Å². The third kappa shape index (κ3) is 4.98. The maximum absolute atomic E-state index is 12.9. The molecule has 0 unspecified atom stereocenters. The van der Waals surface area contributed by atoms with Crippen molar-refractivity contribution in [1.82, 2.24) is 14.9 Å². The Labute approximate surface area is 194 Å². The Morgan fingerprint density at radius 2 is 1.79 bits per heavy atom. The molecular formula is C24H24N4O6. The van der Waals surface area contributed by atoms with Crippen molar-refractivity contribution >= 4 is 17.9 Å². The van der Waals surface area contributed by atoms with Crippen LogP contribution in [0.5, 0.6) is 0 Å². The molecule has 34 heavy (non-hydrogen) atoms. The number of carbonyl (C=O) groups excluding carboxylic acids is 2. The van der Waals surface area contributed by atoms with Crippen LogP contribution in [0.1, 0.15) is 33.9 Å². The maximum atomic E-state index is 12.9. The van der Waals surface area contributed by atoms with Gasteiger partial charge in [0.2, 0.25) is 5.95 Å². The first-order valence-electron chi connectivity index (χ1n) is 10.7. The van der Waals surface area contributed by atoms with Crippen LogP contribution in [-0.2, 0) is 11.3 Å². The zero-order chi connectivity index (χ0) is 24.1. The number of rotatable bonds is 6. The van der Waals surface area contributed by atoms with Gasteiger partial charge in [-0.05, 0) is 17.7 Å². The summed E-state index contributed by atoms with van der Waals surface area (Å²) in [5.74, 6) is -0.502. The molecular weight excluding hydrogens is 440 g/mol. The number of amides is 2. The Morgan fingerprint density at radius 1 is 1.12 bits per heavy atom. The number of nitrogens with zero attached hydrogens (tertiary/aromatic N) is 2. The quantitative estimate of drug-likeness (QED) is 0.435. The van der Waals surface area contributed by atoms with E-state index in [4.69, 9.17) is 4.74 Å². The number of aromatic nitrogens is 2. The fourth-order valence-electron chi connectivity index (χ4n) is 3.93. The highest BCUT2D eigenvalue weighted by atomic mass is 16.6. The van der Waals surface area contributed by atoms with E-state index in [-0.39, 0.29) is 24.5 Å². The van der Waals surface area contributed by atoms with Gasteiger partial charge < -0.3 is 14.9 Å². The van der Waals surface area contributed by atoms with Crippen molar-refractivity contribution in [1.29, 1.82) is 0 Å². The van der Waals surface area contributed by atoms with Crippen molar-refractivity contribution in [3.63, 3.8) is 0 Å². The van der Waals surface area contributed by atoms with Gasteiger partial charge in [0.05, 0.1) is 30.4 Å². The summed E-state index contributed by atoms with van der Waals surface area (Å²) in [5, 5.41) is 22.7. The Morgan fingerprint density at radius 3 is 2.44 bits per heavy atom. The van der Waals surface area contributed by atoms with Crippen LogP contribution < -0.4 is 10.9 Å². The van der Waals surface area contributed by atoms with Crippen LogP contribution in [0.2, 0.25) is 0 Å². The molecule has 1 aliphatic rings. The smallest absolute Gasteiger partial charge is 0.411 e. The molecule has 10 nitrogen and oxygen atoms in total. The molecule has 0 aliphatic carbocycles. The molecule has 2 amide bonds. The van der Waals surface area contributed by atoms with Gasteiger partial charge in [0, 0.05) is 18.2 Å². The molecule has 1 fully saturated rings. The summed E-state index contributed by atoms with van der Waals surface area (Å²) in [4.78, 5) is 45.8. The molecule has 176 valence electrons. The minimum Gasteiger partial charge on any atom is -0.445 e. The molecule has 4 rings (SSSR count). The predicted molar refractivity (Wildman–Crippen MR) is 122 cm³/mol. The predicted octanol–water partition coefficient (Wildman–Crippen LogP) is 1.83. The second kappa shape index (κ2) is 10.3. The first-order valence-corrected chi connectivity index (χ1v) is 10.7. The molecule has 3 aromatic rings. The third-order valence-electron chi connectivity index (χ3n) is 5.66. The zero-order valence-corrected chi connectivity index (χ0v) is 18.1. The maximum Gasteiger partial charge on any atom is 0.411 e. The van der Waals surface area contributed by atoms with E-state index in [2.05, 4.69) is 15.3 Å². The lowest BCUT2D eigenvalue weighted by molar-refractivity contribution is 0.0409. The summed E-state index contributed by atoms with van der Waals surface area (Å²) in [5.41, 5.74) is 0.677. The van der Waals surface area contributed by atoms with E-state index in [1.54, 1.807) is 42.5 Å². The highest BCUT2D eigenvalue weighted by Gasteiger charge is 2.45. The van der Waals surface area contributed by atoms with Gasteiger partial charge in [0.15, 0.2) is 0 Å². The fourth-order valence-corrected chi connectivity index (χ4v) is 3.93. The molecule has 0 spiro atoms. The number of anilines is 1. The van der Waals surface area contributed by atoms with Crippen LogP contribution in [0.15, 0.2) is 71.7 Å². The van der Waals surface area contributed by atoms with Gasteiger partial charge in [-0.2, -0.15) is 0 Å². The highest BCUT2D eigenvalue weighted by Crippen LogP contribution is 2.35. The largest absolute Gasteiger partial charge is 0.445 e. The number of aromatic amines is 1. The average Bonchev–Trinajstić information content (AvgIpc) is 3.19. The Hall–Kier alpha value is -4.02. The van der Waals surface area contributed by atoms with E-state index in [1.165, 1.54) is 11.1 Å². The highest BCUT2D eigenvalue weighted by molar-refractivity contribution is 6.03. The summed E-state index contributed by atoms with van der Waals surface area (Å²) in [6, 6.07) is 15.7. The van der Waals surface area contributed by atoms with Gasteiger partial charge in [-0.3, -0.25) is 24.8 Å². The Bertz CT molecular complexity index is 1200. The van der Waals surface area contributed by atoms with E-state index in [9.17, 15) is 24.6 Å². The molecule has 3 atom stereocenters. The molecule has 1 aromatic heterocycles. The van der Waals surface area contributed by atoms with Crippen molar-refractivity contribution in [2.75, 3.05) is 11.9 Å². The van der Waals surface area contributed by atoms with Gasteiger partial charge in [0.1, 0.15) is 6.61 Å². The molecule has 0 radical (unpaired) electrons. The molecule has 4 N–H and O–H groups in total. The van der Waals surface area contributed by atoms with Gasteiger partial charge >= 0.3 is 6.09 Å². The summed E-state index contributed by atoms with van der Waals surface area (Å²) in [7, 11) is 0. The lowest BCUT2D eigenvalue weighted by atomic mass is 10.1. The molecule has 0 saturated carbocycles. The van der Waals surface area contributed by atoms with E-state index in [1.807, 2.05) is 18.2 Å². The van der Waals surface area contributed by atoms with Crippen LogP contribution in [0, 0.1) is 0 Å². The third-order valence-corrected chi connectivity index (χ3v) is 5.66. The first kappa shape index (κ1) is 23.1. The number of aliphatic hydroxyl groups is 2. The molecule has 1 aliphatic heterocycles. The second-order valence-corrected chi connectivity index (χ2v) is 7.85. The number of H-pyrrole nitrogens is 1. The lowest BCUT2D eigenvalue weighted by Gasteiger charge is -2.28. The van der Waals surface area contributed by atoms with Gasteiger partial charge in [-0.25, -0.2) is 9.78 Å². The number of hydrogen-bond donors (Lipinski definition) is 4. The summed E-state index contributed by atoms with van der Waals surface area (Å²) in [6.07, 6.45) is -0.568. The van der Waals surface area contributed by atoms with E-state index in [0.717, 1.165) is 5.56 Å². The van der Waals surface area contributed by atoms with Gasteiger partial charge in [-0.15, -0.1) is 0 Å². The van der Waals surface area contributed by atoms with Crippen LogP contribution in [0.25, 0.3) is 0 Å². The standard InChI is InChI=1S/C24H24N4O6/c29-13-19-20(30)11-18(28(19)24(33)34-14-15-7-3-1-4-8-15)17-12-25-23(27-22(17)32)26-21(31)16-9-5-2-6-10-16/h1-10,12,18-20,29-30H,11,13-14H2,(H2,25,26,27,31,32)/t18-,19-,20+/m1/s1. The minimum absolute atomic E-state index is 0.00377. The Kier molecular flexibility index (Phi) is 7.00. The molecule has 0 bridgehead atoms. The molecule has 1 saturated heterocycles. The monoisotopic (exact) mass is 464 g/mol. The van der Waals surface area contributed by atoms with Crippen LogP contribution >= 0.6 is 0 Å². The molecule has 10 heteroatoms. The zero-order valence-electron chi connectivity index (χ0n) is 18.1. The van der Waals surface area contributed by atoms with Crippen molar-refractivity contribution < 1.29 is 24.5 Å². The van der Waals surface area contributed by atoms with E-state index >= 15 is 0 Å². The number of likely N-dealkylation sites (tertiary alicyclic amines) is 1. The van der Waals surface area contributed by atoms with Crippen molar-refractivity contribution in [3.05, 3.63) is 93.9 Å². The number of aliphatic hydroxyl groups excluding tert-OH is 2. The topological polar surface area (TPSA) is 145 Å². The van der Waals surface area contributed by atoms with E-state index in [0.29, 0.717) is 5.56 Å². The number of hydrogen-bond acceptors (Lipinski definition) is 7. The van der Waals surface area contributed by atoms with E-state index < -0.39 is 42.4 Å². The fraction of sp³-hybridized carbons (Fsp3) is 0.250. The molecule has 2 heterocycles. The van der Waals surface area contributed by atoms with Crippen molar-refractivity contribution in [3.8, 4) is 0 Å². The van der Waals surface area contributed by atoms with Gasteiger partial charge in [-0.1, -0.05) is 48.5 Å².